The normalized spacial score (nSPS) is 10.9. The van der Waals surface area contributed by atoms with Gasteiger partial charge in [-0.1, -0.05) is 22.9 Å². The van der Waals surface area contributed by atoms with E-state index < -0.39 is 11.7 Å². The van der Waals surface area contributed by atoms with Crippen LogP contribution in [0.3, 0.4) is 0 Å². The Hall–Kier alpha value is -1.56. The topological polar surface area (TPSA) is 55.8 Å². The highest BCUT2D eigenvalue weighted by Gasteiger charge is 2.24. The van der Waals surface area contributed by atoms with E-state index >= 15 is 0 Å². The molecule has 1 amide bonds. The van der Waals surface area contributed by atoms with Gasteiger partial charge < -0.3 is 9.57 Å². The van der Waals surface area contributed by atoms with Crippen LogP contribution in [0.5, 0.6) is 5.75 Å². The fourth-order valence-electron chi connectivity index (χ4n) is 1.50. The van der Waals surface area contributed by atoms with Crippen LogP contribution in [0, 0.1) is 0 Å². The molecule has 0 N–H and O–H groups in total. The molecule has 0 radical (unpaired) electrons. The summed E-state index contributed by atoms with van der Waals surface area (Å²) >= 11 is 3.28. The Morgan fingerprint density at radius 1 is 1.38 bits per heavy atom. The molecule has 1 rings (SSSR count). The number of carbonyl (C=O) groups is 2. The lowest BCUT2D eigenvalue weighted by Crippen LogP contribution is -2.39. The molecule has 116 valence electrons. The monoisotopic (exact) mass is 357 g/mol. The first-order valence-corrected chi connectivity index (χ1v) is 7.49. The summed E-state index contributed by atoms with van der Waals surface area (Å²) in [6.07, 6.45) is 0.801. The molecule has 0 unspecified atom stereocenters. The maximum Gasteiger partial charge on any atom is 0.443 e. The quantitative estimate of drug-likeness (QED) is 0.585. The van der Waals surface area contributed by atoms with Gasteiger partial charge in [-0.15, -0.1) is 5.06 Å². The van der Waals surface area contributed by atoms with E-state index in [4.69, 9.17) is 9.57 Å². The van der Waals surface area contributed by atoms with Crippen molar-refractivity contribution in [3.05, 3.63) is 28.2 Å². The summed E-state index contributed by atoms with van der Waals surface area (Å²) in [5.74, 6) is 0.313. The van der Waals surface area contributed by atoms with Gasteiger partial charge in [0.1, 0.15) is 5.60 Å². The number of hydrogen-bond donors (Lipinski definition) is 0. The van der Waals surface area contributed by atoms with E-state index in [0.717, 1.165) is 9.54 Å². The van der Waals surface area contributed by atoms with Gasteiger partial charge in [0, 0.05) is 4.47 Å². The van der Waals surface area contributed by atoms with Crippen LogP contribution in [0.15, 0.2) is 22.7 Å². The number of ether oxygens (including phenoxy) is 1. The molecule has 6 heteroatoms. The van der Waals surface area contributed by atoms with Gasteiger partial charge in [0.15, 0.2) is 12.0 Å². The van der Waals surface area contributed by atoms with Crippen LogP contribution in [0.1, 0.15) is 44.5 Å². The van der Waals surface area contributed by atoms with Crippen LogP contribution >= 0.6 is 15.9 Å². The number of rotatable bonds is 5. The zero-order valence-electron chi connectivity index (χ0n) is 12.7. The predicted octanol–water partition coefficient (Wildman–Crippen LogP) is 4.20. The molecule has 0 saturated carbocycles. The maximum atomic E-state index is 12.1. The Labute approximate surface area is 133 Å². The molecule has 1 aromatic carbocycles. The molecule has 0 fully saturated rings. The fraction of sp³-hybridized carbons (Fsp3) is 0.467. The summed E-state index contributed by atoms with van der Waals surface area (Å²) in [5, 5.41) is 1.13. The van der Waals surface area contributed by atoms with E-state index in [9.17, 15) is 9.59 Å². The highest BCUT2D eigenvalue weighted by Crippen LogP contribution is 2.23. The van der Waals surface area contributed by atoms with Crippen molar-refractivity contribution >= 4 is 28.3 Å². The number of hydrogen-bond acceptors (Lipinski definition) is 4. The van der Waals surface area contributed by atoms with E-state index in [-0.39, 0.29) is 0 Å². The van der Waals surface area contributed by atoms with Gasteiger partial charge in [-0.3, -0.25) is 4.79 Å². The fourth-order valence-corrected chi connectivity index (χ4v) is 1.88. The van der Waals surface area contributed by atoms with E-state index in [2.05, 4.69) is 15.9 Å². The second-order valence-electron chi connectivity index (χ2n) is 5.47. The zero-order valence-corrected chi connectivity index (χ0v) is 14.3. The summed E-state index contributed by atoms with van der Waals surface area (Å²) in [7, 11) is 0. The van der Waals surface area contributed by atoms with Gasteiger partial charge in [-0.25, -0.2) is 4.79 Å². The van der Waals surface area contributed by atoms with Crippen molar-refractivity contribution in [3.63, 3.8) is 0 Å². The molecule has 0 saturated heterocycles. The van der Waals surface area contributed by atoms with Crippen molar-refractivity contribution in [2.75, 3.05) is 6.54 Å². The summed E-state index contributed by atoms with van der Waals surface area (Å²) in [4.78, 5) is 28.7. The zero-order chi connectivity index (χ0) is 16.0. The van der Waals surface area contributed by atoms with Gasteiger partial charge in [0.05, 0.1) is 12.1 Å². The number of carbonyl (C=O) groups excluding carboxylic acids is 2. The third kappa shape index (κ3) is 5.75. The number of nitrogens with zero attached hydrogens (tertiary/aromatic N) is 1. The maximum absolute atomic E-state index is 12.1. The average molecular weight is 358 g/mol. The number of hydroxylamine groups is 2. The molecule has 0 atom stereocenters. The molecule has 1 aromatic rings. The average Bonchev–Trinajstić information content (AvgIpc) is 2.37. The van der Waals surface area contributed by atoms with E-state index in [1.54, 1.807) is 39.0 Å². The van der Waals surface area contributed by atoms with Crippen LogP contribution < -0.4 is 4.84 Å². The largest absolute Gasteiger partial charge is 0.443 e. The lowest BCUT2D eigenvalue weighted by Gasteiger charge is -2.26. The molecule has 0 aliphatic rings. The molecule has 0 bridgehead atoms. The predicted molar refractivity (Wildman–Crippen MR) is 83.4 cm³/mol. The Morgan fingerprint density at radius 3 is 2.57 bits per heavy atom. The van der Waals surface area contributed by atoms with Crippen LogP contribution in [-0.4, -0.2) is 29.6 Å². The van der Waals surface area contributed by atoms with Crippen molar-refractivity contribution < 1.29 is 19.2 Å². The highest BCUT2D eigenvalue weighted by atomic mass is 79.9. The Balaban J connectivity index is 2.93. The van der Waals surface area contributed by atoms with Crippen molar-refractivity contribution in [3.8, 4) is 5.75 Å². The summed E-state index contributed by atoms with van der Waals surface area (Å²) in [6.45, 7) is 7.63. The van der Waals surface area contributed by atoms with Gasteiger partial charge >= 0.3 is 6.09 Å². The Bertz CT molecular complexity index is 511. The van der Waals surface area contributed by atoms with Gasteiger partial charge in [0.25, 0.3) is 0 Å². The first-order valence-electron chi connectivity index (χ1n) is 6.70. The van der Waals surface area contributed by atoms with Crippen molar-refractivity contribution in [1.29, 1.82) is 0 Å². The molecule has 0 aliphatic carbocycles. The van der Waals surface area contributed by atoms with E-state index in [0.29, 0.717) is 30.6 Å². The summed E-state index contributed by atoms with van der Waals surface area (Å²) in [6, 6.07) is 4.99. The third-order valence-electron chi connectivity index (χ3n) is 2.33. The minimum atomic E-state index is -0.611. The second kappa shape index (κ2) is 7.45. The molecule has 0 aliphatic heterocycles. The smallest absolute Gasteiger partial charge is 0.442 e. The van der Waals surface area contributed by atoms with Gasteiger partial charge in [-0.2, -0.15) is 0 Å². The number of aldehydes is 1. The minimum Gasteiger partial charge on any atom is -0.442 e. The highest BCUT2D eigenvalue weighted by molar-refractivity contribution is 9.10. The lowest BCUT2D eigenvalue weighted by molar-refractivity contribution is -0.0724. The molecule has 21 heavy (non-hydrogen) atoms. The Morgan fingerprint density at radius 2 is 2.05 bits per heavy atom. The van der Waals surface area contributed by atoms with Crippen LogP contribution in [0.4, 0.5) is 4.79 Å². The minimum absolute atomic E-state index is 0.313. The van der Waals surface area contributed by atoms with Crippen LogP contribution in [-0.2, 0) is 4.74 Å². The third-order valence-corrected chi connectivity index (χ3v) is 2.82. The molecule has 5 nitrogen and oxygen atoms in total. The molecule has 0 aromatic heterocycles. The number of benzene rings is 1. The first-order chi connectivity index (χ1) is 9.76. The van der Waals surface area contributed by atoms with E-state index in [1.165, 1.54) is 0 Å². The van der Waals surface area contributed by atoms with E-state index in [1.807, 2.05) is 6.92 Å². The van der Waals surface area contributed by atoms with Crippen LogP contribution in [0.2, 0.25) is 0 Å². The summed E-state index contributed by atoms with van der Waals surface area (Å²) in [5.41, 5.74) is -0.256. The van der Waals surface area contributed by atoms with Crippen molar-refractivity contribution in [2.45, 2.75) is 39.7 Å². The SMILES string of the molecule is CCCN(Oc1ccc(Br)cc1C=O)C(=O)OC(C)(C)C. The standard InChI is InChI=1S/C15H20BrNO4/c1-5-8-17(14(19)20-15(2,3)4)21-13-7-6-12(16)9-11(13)10-18/h6-7,9-10H,5,8H2,1-4H3. The van der Waals surface area contributed by atoms with Crippen molar-refractivity contribution in [2.24, 2.45) is 0 Å². The lowest BCUT2D eigenvalue weighted by atomic mass is 10.2. The summed E-state index contributed by atoms with van der Waals surface area (Å²) < 4.78 is 6.05. The molecular formula is C15H20BrNO4. The van der Waals surface area contributed by atoms with Gasteiger partial charge in [0.2, 0.25) is 0 Å². The second-order valence-corrected chi connectivity index (χ2v) is 6.39. The molecular weight excluding hydrogens is 338 g/mol. The first kappa shape index (κ1) is 17.5. The number of halogens is 1. The molecule has 0 heterocycles. The van der Waals surface area contributed by atoms with Crippen LogP contribution in [0.25, 0.3) is 0 Å². The van der Waals surface area contributed by atoms with Crippen molar-refractivity contribution in [1.82, 2.24) is 5.06 Å². The molecule has 0 spiro atoms. The number of amides is 1. The van der Waals surface area contributed by atoms with Gasteiger partial charge in [-0.05, 0) is 45.4 Å². The Kier molecular flexibility index (Phi) is 6.20.